The van der Waals surface area contributed by atoms with E-state index in [1.54, 1.807) is 4.57 Å². The van der Waals surface area contributed by atoms with Crippen molar-refractivity contribution in [3.63, 3.8) is 0 Å². The van der Waals surface area contributed by atoms with Gasteiger partial charge in [-0.1, -0.05) is 0 Å². The van der Waals surface area contributed by atoms with E-state index in [2.05, 4.69) is 16.6 Å². The molecule has 1 rings (SSSR count). The summed E-state index contributed by atoms with van der Waals surface area (Å²) in [6.07, 6.45) is 2.78. The Balaban J connectivity index is 2.61. The summed E-state index contributed by atoms with van der Waals surface area (Å²) in [5.41, 5.74) is 1.91. The van der Waals surface area contributed by atoms with Gasteiger partial charge in [0.2, 0.25) is 5.91 Å². The van der Waals surface area contributed by atoms with Crippen LogP contribution in [0.25, 0.3) is 0 Å². The summed E-state index contributed by atoms with van der Waals surface area (Å²) < 4.78 is 1.73. The van der Waals surface area contributed by atoms with E-state index in [1.165, 1.54) is 0 Å². The van der Waals surface area contributed by atoms with Gasteiger partial charge in [-0.2, -0.15) is 0 Å². The van der Waals surface area contributed by atoms with Crippen LogP contribution in [0.2, 0.25) is 0 Å². The van der Waals surface area contributed by atoms with Gasteiger partial charge in [-0.05, 0) is 27.7 Å². The lowest BCUT2D eigenvalue weighted by Gasteiger charge is -2.09. The topological polar surface area (TPSA) is 46.9 Å². The van der Waals surface area contributed by atoms with E-state index in [9.17, 15) is 4.79 Å². The minimum atomic E-state index is -0.00301. The molecule has 0 unspecified atom stereocenters. The number of hydrogen-bond acceptors (Lipinski definition) is 2. The summed E-state index contributed by atoms with van der Waals surface area (Å²) in [4.78, 5) is 15.4. The van der Waals surface area contributed by atoms with Gasteiger partial charge < -0.3 is 9.88 Å². The van der Waals surface area contributed by atoms with Crippen molar-refractivity contribution in [1.82, 2.24) is 14.9 Å². The minimum Gasteiger partial charge on any atom is -0.352 e. The Morgan fingerprint density at radius 1 is 1.57 bits per heavy atom. The molecule has 1 aromatic rings. The molecule has 0 aliphatic carbocycles. The third-order valence-electron chi connectivity index (χ3n) is 2.02. The van der Waals surface area contributed by atoms with E-state index in [0.29, 0.717) is 6.54 Å². The largest absolute Gasteiger partial charge is 0.352 e. The fourth-order valence-corrected chi connectivity index (χ4v) is 1.15. The Morgan fingerprint density at radius 2 is 2.21 bits per heavy atom. The lowest BCUT2D eigenvalue weighted by Crippen LogP contribution is -2.33. The minimum absolute atomic E-state index is 0.00301. The Hall–Kier alpha value is -1.32. The van der Waals surface area contributed by atoms with Crippen LogP contribution in [0.1, 0.15) is 25.2 Å². The number of imidazole rings is 1. The monoisotopic (exact) mass is 194 g/mol. The standard InChI is InChI=1S/C10H16N3O/c1-7(2)12-10(14)5-13-6-11-8(3)9(13)4/h7H,5H2,1-4H3,(H,12,14). The Kier molecular flexibility index (Phi) is 3.28. The van der Waals surface area contributed by atoms with Crippen LogP contribution >= 0.6 is 0 Å². The number of hydrogen-bond donors (Lipinski definition) is 1. The molecule has 1 N–H and O–H groups in total. The van der Waals surface area contributed by atoms with Gasteiger partial charge >= 0.3 is 0 Å². The maximum Gasteiger partial charge on any atom is 0.240 e. The molecule has 0 aliphatic rings. The van der Waals surface area contributed by atoms with Crippen LogP contribution < -0.4 is 5.32 Å². The number of rotatable bonds is 3. The molecule has 1 radical (unpaired) electrons. The zero-order valence-corrected chi connectivity index (χ0v) is 9.09. The number of nitrogens with one attached hydrogen (secondary N) is 1. The maximum atomic E-state index is 11.4. The van der Waals surface area contributed by atoms with Crippen LogP contribution in [0, 0.1) is 20.2 Å². The first-order valence-corrected chi connectivity index (χ1v) is 4.71. The van der Waals surface area contributed by atoms with E-state index in [0.717, 1.165) is 11.4 Å². The lowest BCUT2D eigenvalue weighted by molar-refractivity contribution is -0.122. The van der Waals surface area contributed by atoms with E-state index >= 15 is 0 Å². The highest BCUT2D eigenvalue weighted by atomic mass is 16.2. The molecule has 0 spiro atoms. The van der Waals surface area contributed by atoms with Crippen molar-refractivity contribution in [1.29, 1.82) is 0 Å². The molecule has 4 heteroatoms. The SMILES string of the molecule is Cc1n[c]n(CC(=O)NC(C)C)c1C. The third-order valence-corrected chi connectivity index (χ3v) is 2.02. The van der Waals surface area contributed by atoms with Gasteiger partial charge in [-0.15, -0.1) is 0 Å². The van der Waals surface area contributed by atoms with Gasteiger partial charge in [0.25, 0.3) is 0 Å². The molecule has 0 fully saturated rings. The van der Waals surface area contributed by atoms with E-state index in [-0.39, 0.29) is 11.9 Å². The Morgan fingerprint density at radius 3 is 2.64 bits per heavy atom. The van der Waals surface area contributed by atoms with Gasteiger partial charge in [0.15, 0.2) is 6.33 Å². The van der Waals surface area contributed by atoms with Crippen LogP contribution in [0.3, 0.4) is 0 Å². The predicted molar refractivity (Wildman–Crippen MR) is 53.8 cm³/mol. The van der Waals surface area contributed by atoms with E-state index < -0.39 is 0 Å². The maximum absolute atomic E-state index is 11.4. The molecule has 1 amide bonds. The highest BCUT2D eigenvalue weighted by Gasteiger charge is 2.08. The molecule has 14 heavy (non-hydrogen) atoms. The smallest absolute Gasteiger partial charge is 0.240 e. The molecular weight excluding hydrogens is 178 g/mol. The van der Waals surface area contributed by atoms with E-state index in [4.69, 9.17) is 0 Å². The zero-order chi connectivity index (χ0) is 10.7. The van der Waals surface area contributed by atoms with Gasteiger partial charge in [-0.3, -0.25) is 4.79 Å². The van der Waals surface area contributed by atoms with Crippen LogP contribution in [0.15, 0.2) is 0 Å². The van der Waals surface area contributed by atoms with Crippen molar-refractivity contribution < 1.29 is 4.79 Å². The number of aromatic nitrogens is 2. The third kappa shape index (κ3) is 2.58. The first-order valence-electron chi connectivity index (χ1n) is 4.71. The number of carbonyl (C=O) groups excluding carboxylic acids is 1. The number of carbonyl (C=O) groups is 1. The zero-order valence-electron chi connectivity index (χ0n) is 9.09. The average Bonchev–Trinajstić information content (AvgIpc) is 2.34. The summed E-state index contributed by atoms with van der Waals surface area (Å²) >= 11 is 0. The molecule has 0 saturated heterocycles. The molecule has 77 valence electrons. The second kappa shape index (κ2) is 4.26. The van der Waals surface area contributed by atoms with Crippen LogP contribution in [-0.4, -0.2) is 21.5 Å². The number of amides is 1. The molecule has 0 aromatic carbocycles. The summed E-state index contributed by atoms with van der Waals surface area (Å²) in [6, 6.07) is 0.174. The molecule has 0 atom stereocenters. The summed E-state index contributed by atoms with van der Waals surface area (Å²) in [6.45, 7) is 8.01. The molecule has 0 aliphatic heterocycles. The average molecular weight is 194 g/mol. The molecule has 1 aromatic heterocycles. The van der Waals surface area contributed by atoms with Gasteiger partial charge in [0.05, 0.1) is 5.69 Å². The van der Waals surface area contributed by atoms with Crippen LogP contribution in [0.5, 0.6) is 0 Å². The molecule has 0 bridgehead atoms. The van der Waals surface area contributed by atoms with Crippen molar-refractivity contribution >= 4 is 5.91 Å². The van der Waals surface area contributed by atoms with Crippen molar-refractivity contribution in [2.45, 2.75) is 40.3 Å². The van der Waals surface area contributed by atoms with Crippen molar-refractivity contribution in [2.24, 2.45) is 0 Å². The number of nitrogens with zero attached hydrogens (tertiary/aromatic N) is 2. The summed E-state index contributed by atoms with van der Waals surface area (Å²) in [5.74, 6) is -0.00301. The van der Waals surface area contributed by atoms with Crippen LogP contribution in [0.4, 0.5) is 0 Å². The molecule has 4 nitrogen and oxygen atoms in total. The van der Waals surface area contributed by atoms with Crippen LogP contribution in [-0.2, 0) is 11.3 Å². The fourth-order valence-electron chi connectivity index (χ4n) is 1.15. The first kappa shape index (κ1) is 10.8. The molecule has 1 heterocycles. The predicted octanol–water partition coefficient (Wildman–Crippen LogP) is 0.825. The second-order valence-corrected chi connectivity index (χ2v) is 3.69. The molecular formula is C10H16N3O. The summed E-state index contributed by atoms with van der Waals surface area (Å²) in [7, 11) is 0. The Labute approximate surface area is 84.3 Å². The van der Waals surface area contributed by atoms with Crippen molar-refractivity contribution in [2.75, 3.05) is 0 Å². The highest BCUT2D eigenvalue weighted by Crippen LogP contribution is 2.02. The van der Waals surface area contributed by atoms with Crippen molar-refractivity contribution in [3.8, 4) is 0 Å². The quantitative estimate of drug-likeness (QED) is 0.774. The van der Waals surface area contributed by atoms with Gasteiger partial charge in [0.1, 0.15) is 6.54 Å². The summed E-state index contributed by atoms with van der Waals surface area (Å²) in [5, 5.41) is 2.82. The first-order chi connectivity index (χ1) is 6.50. The van der Waals surface area contributed by atoms with Crippen molar-refractivity contribution in [3.05, 3.63) is 17.7 Å². The van der Waals surface area contributed by atoms with Gasteiger partial charge in [-0.25, -0.2) is 4.98 Å². The Bertz CT molecular complexity index is 328. The lowest BCUT2D eigenvalue weighted by atomic mass is 10.3. The highest BCUT2D eigenvalue weighted by molar-refractivity contribution is 5.76. The van der Waals surface area contributed by atoms with Gasteiger partial charge in [0, 0.05) is 11.7 Å². The second-order valence-electron chi connectivity index (χ2n) is 3.69. The molecule has 0 saturated carbocycles. The number of aryl methyl sites for hydroxylation is 1. The normalized spacial score (nSPS) is 10.6. The fraction of sp³-hybridized carbons (Fsp3) is 0.600. The van der Waals surface area contributed by atoms with E-state index in [1.807, 2.05) is 27.7 Å².